The van der Waals surface area contributed by atoms with E-state index in [-0.39, 0.29) is 12.0 Å². The fourth-order valence-corrected chi connectivity index (χ4v) is 3.88. The number of nitriles is 1. The molecule has 1 aliphatic rings. The zero-order chi connectivity index (χ0) is 17.3. The maximum absolute atomic E-state index is 12.9. The summed E-state index contributed by atoms with van der Waals surface area (Å²) in [6, 6.07) is 3.48. The Hall–Kier alpha value is -1.63. The molecule has 126 valence electrons. The van der Waals surface area contributed by atoms with Crippen LogP contribution >= 0.6 is 0 Å². The third-order valence-electron chi connectivity index (χ3n) is 3.82. The van der Waals surface area contributed by atoms with Crippen molar-refractivity contribution in [1.29, 1.82) is 5.26 Å². The third kappa shape index (κ3) is 4.02. The summed E-state index contributed by atoms with van der Waals surface area (Å²) in [5.41, 5.74) is -1.85. The lowest BCUT2D eigenvalue weighted by atomic mass is 9.97. The number of alkyl halides is 3. The minimum absolute atomic E-state index is 0.0268. The van der Waals surface area contributed by atoms with Crippen molar-refractivity contribution in [2.75, 3.05) is 13.1 Å². The van der Waals surface area contributed by atoms with Crippen LogP contribution in [0.3, 0.4) is 0 Å². The molecule has 1 heterocycles. The molecule has 2 atom stereocenters. The van der Waals surface area contributed by atoms with Crippen molar-refractivity contribution in [3.05, 3.63) is 29.3 Å². The highest BCUT2D eigenvalue weighted by atomic mass is 32.2. The molecule has 1 saturated heterocycles. The molecular weight excluding hydrogens is 331 g/mol. The molecule has 1 aromatic rings. The van der Waals surface area contributed by atoms with Crippen LogP contribution in [0.25, 0.3) is 0 Å². The molecular formula is C14H16F3N3O2S. The maximum atomic E-state index is 12.9. The Labute approximate surface area is 132 Å². The van der Waals surface area contributed by atoms with E-state index in [1.54, 1.807) is 0 Å². The minimum atomic E-state index is -4.79. The summed E-state index contributed by atoms with van der Waals surface area (Å²) < 4.78 is 66.0. The maximum Gasteiger partial charge on any atom is 0.417 e. The average Bonchev–Trinajstić information content (AvgIpc) is 2.48. The van der Waals surface area contributed by atoms with Crippen LogP contribution in [0.1, 0.15) is 24.5 Å². The summed E-state index contributed by atoms with van der Waals surface area (Å²) in [5.74, 6) is 0.0268. The summed E-state index contributed by atoms with van der Waals surface area (Å²) >= 11 is 0. The second kappa shape index (κ2) is 6.47. The summed E-state index contributed by atoms with van der Waals surface area (Å²) in [4.78, 5) is -0.491. The molecule has 9 heteroatoms. The summed E-state index contributed by atoms with van der Waals surface area (Å²) in [7, 11) is -4.09. The van der Waals surface area contributed by atoms with Crippen LogP contribution in [0.15, 0.2) is 23.1 Å². The predicted molar refractivity (Wildman–Crippen MR) is 76.9 cm³/mol. The predicted octanol–water partition coefficient (Wildman–Crippen LogP) is 1.85. The van der Waals surface area contributed by atoms with Gasteiger partial charge in [-0.15, -0.1) is 0 Å². The molecule has 1 aliphatic heterocycles. The molecule has 0 radical (unpaired) electrons. The SMILES string of the molecule is CC1CNCCC1NS(=O)(=O)c1ccc(C#N)c(C(F)(F)F)c1. The smallest absolute Gasteiger partial charge is 0.316 e. The van der Waals surface area contributed by atoms with Gasteiger partial charge in [-0.1, -0.05) is 6.92 Å². The highest BCUT2D eigenvalue weighted by molar-refractivity contribution is 7.89. The van der Waals surface area contributed by atoms with Crippen molar-refractivity contribution < 1.29 is 21.6 Å². The number of hydrogen-bond donors (Lipinski definition) is 2. The van der Waals surface area contributed by atoms with Crippen LogP contribution in [-0.4, -0.2) is 27.5 Å². The van der Waals surface area contributed by atoms with E-state index in [0.29, 0.717) is 25.6 Å². The van der Waals surface area contributed by atoms with Gasteiger partial charge in [-0.25, -0.2) is 13.1 Å². The second-order valence-electron chi connectivity index (χ2n) is 5.51. The van der Waals surface area contributed by atoms with Crippen molar-refractivity contribution in [3.8, 4) is 6.07 Å². The lowest BCUT2D eigenvalue weighted by Gasteiger charge is -2.30. The van der Waals surface area contributed by atoms with E-state index in [2.05, 4.69) is 10.0 Å². The van der Waals surface area contributed by atoms with Crippen molar-refractivity contribution >= 4 is 10.0 Å². The first kappa shape index (κ1) is 17.7. The Balaban J connectivity index is 2.35. The van der Waals surface area contributed by atoms with Crippen molar-refractivity contribution in [3.63, 3.8) is 0 Å². The van der Waals surface area contributed by atoms with Gasteiger partial charge in [0.25, 0.3) is 0 Å². The topological polar surface area (TPSA) is 82.0 Å². The molecule has 0 spiro atoms. The number of halogens is 3. The standard InChI is InChI=1S/C14H16F3N3O2S/c1-9-8-19-5-4-13(9)20-23(21,22)11-3-2-10(7-18)12(6-11)14(15,16)17/h2-3,6,9,13,19-20H,4-5,8H2,1H3. The van der Waals surface area contributed by atoms with Crippen LogP contribution in [0.4, 0.5) is 13.2 Å². The average molecular weight is 347 g/mol. The van der Waals surface area contributed by atoms with Crippen LogP contribution in [0.5, 0.6) is 0 Å². The number of piperidine rings is 1. The first-order valence-electron chi connectivity index (χ1n) is 6.99. The lowest BCUT2D eigenvalue weighted by Crippen LogP contribution is -2.48. The largest absolute Gasteiger partial charge is 0.417 e. The number of nitrogens with zero attached hydrogens (tertiary/aromatic N) is 1. The molecule has 0 saturated carbocycles. The van der Waals surface area contributed by atoms with Crippen LogP contribution < -0.4 is 10.0 Å². The Morgan fingerprint density at radius 2 is 2.09 bits per heavy atom. The monoisotopic (exact) mass is 347 g/mol. The molecule has 2 unspecified atom stereocenters. The molecule has 0 aliphatic carbocycles. The van der Waals surface area contributed by atoms with E-state index < -0.39 is 32.2 Å². The van der Waals surface area contributed by atoms with E-state index in [4.69, 9.17) is 5.26 Å². The van der Waals surface area contributed by atoms with Gasteiger partial charge in [0.15, 0.2) is 0 Å². The third-order valence-corrected chi connectivity index (χ3v) is 5.31. The molecule has 0 bridgehead atoms. The molecule has 0 aromatic heterocycles. The first-order chi connectivity index (χ1) is 10.6. The molecule has 5 nitrogen and oxygen atoms in total. The van der Waals surface area contributed by atoms with Crippen molar-refractivity contribution in [2.24, 2.45) is 5.92 Å². The van der Waals surface area contributed by atoms with Gasteiger partial charge in [0.2, 0.25) is 10.0 Å². The first-order valence-corrected chi connectivity index (χ1v) is 8.48. The Morgan fingerprint density at radius 3 is 2.65 bits per heavy atom. The van der Waals surface area contributed by atoms with E-state index in [1.807, 2.05) is 6.92 Å². The number of rotatable bonds is 3. The molecule has 1 fully saturated rings. The minimum Gasteiger partial charge on any atom is -0.316 e. The van der Waals surface area contributed by atoms with Gasteiger partial charge in [-0.05, 0) is 43.6 Å². The van der Waals surface area contributed by atoms with Crippen molar-refractivity contribution in [2.45, 2.75) is 30.5 Å². The van der Waals surface area contributed by atoms with E-state index >= 15 is 0 Å². The highest BCUT2D eigenvalue weighted by Crippen LogP contribution is 2.33. The quantitative estimate of drug-likeness (QED) is 0.874. The Bertz CT molecular complexity index is 726. The lowest BCUT2D eigenvalue weighted by molar-refractivity contribution is -0.137. The fourth-order valence-electron chi connectivity index (χ4n) is 2.48. The molecule has 23 heavy (non-hydrogen) atoms. The molecule has 2 rings (SSSR count). The van der Waals surface area contributed by atoms with Gasteiger partial charge in [-0.3, -0.25) is 0 Å². The van der Waals surface area contributed by atoms with Gasteiger partial charge in [0.05, 0.1) is 22.1 Å². The zero-order valence-corrected chi connectivity index (χ0v) is 13.1. The van der Waals surface area contributed by atoms with Gasteiger partial charge in [-0.2, -0.15) is 18.4 Å². The van der Waals surface area contributed by atoms with Crippen LogP contribution in [0, 0.1) is 17.2 Å². The second-order valence-corrected chi connectivity index (χ2v) is 7.23. The highest BCUT2D eigenvalue weighted by Gasteiger charge is 2.35. The van der Waals surface area contributed by atoms with Gasteiger partial charge < -0.3 is 5.32 Å². The van der Waals surface area contributed by atoms with Gasteiger partial charge in [0.1, 0.15) is 0 Å². The number of benzene rings is 1. The van der Waals surface area contributed by atoms with E-state index in [9.17, 15) is 21.6 Å². The normalized spacial score (nSPS) is 22.6. The number of sulfonamides is 1. The van der Waals surface area contributed by atoms with Crippen molar-refractivity contribution in [1.82, 2.24) is 10.0 Å². The Kier molecular flexibility index (Phi) is 4.98. The number of nitrogens with one attached hydrogen (secondary N) is 2. The van der Waals surface area contributed by atoms with Crippen LogP contribution in [0.2, 0.25) is 0 Å². The summed E-state index contributed by atoms with van der Waals surface area (Å²) in [5, 5.41) is 11.9. The fraction of sp³-hybridized carbons (Fsp3) is 0.500. The summed E-state index contributed by atoms with van der Waals surface area (Å²) in [6.45, 7) is 3.13. The molecule has 2 N–H and O–H groups in total. The van der Waals surface area contributed by atoms with E-state index in [1.165, 1.54) is 6.07 Å². The zero-order valence-electron chi connectivity index (χ0n) is 12.3. The summed E-state index contributed by atoms with van der Waals surface area (Å²) in [6.07, 6.45) is -4.23. The Morgan fingerprint density at radius 1 is 1.39 bits per heavy atom. The van der Waals surface area contributed by atoms with E-state index in [0.717, 1.165) is 12.1 Å². The molecule has 0 amide bonds. The van der Waals surface area contributed by atoms with Crippen LogP contribution in [-0.2, 0) is 16.2 Å². The molecule has 1 aromatic carbocycles. The number of hydrogen-bond acceptors (Lipinski definition) is 4. The van der Waals surface area contributed by atoms with Gasteiger partial charge >= 0.3 is 6.18 Å². The van der Waals surface area contributed by atoms with Gasteiger partial charge in [0, 0.05) is 6.04 Å².